The van der Waals surface area contributed by atoms with E-state index in [-0.39, 0.29) is 0 Å². The Labute approximate surface area is 83.9 Å². The molecule has 0 bridgehead atoms. The maximum atomic E-state index is 6.05. The third-order valence-corrected chi connectivity index (χ3v) is 2.62. The SMILES string of the molecule is CCc1c(Cl)cc(N)c(N)c1CC. The Morgan fingerprint density at radius 1 is 1.15 bits per heavy atom. The standard InChI is InChI=1S/C10H15ClN2/c1-3-6-7(4-2)10(13)9(12)5-8(6)11/h5H,3-4,12-13H2,1-2H3. The molecule has 72 valence electrons. The zero-order chi connectivity index (χ0) is 10.0. The maximum Gasteiger partial charge on any atom is 0.0584 e. The largest absolute Gasteiger partial charge is 0.397 e. The maximum absolute atomic E-state index is 6.05. The van der Waals surface area contributed by atoms with Crippen molar-refractivity contribution in [2.24, 2.45) is 0 Å². The van der Waals surface area contributed by atoms with E-state index in [1.807, 2.05) is 0 Å². The van der Waals surface area contributed by atoms with Gasteiger partial charge in [0.15, 0.2) is 0 Å². The van der Waals surface area contributed by atoms with Gasteiger partial charge in [0.25, 0.3) is 0 Å². The van der Waals surface area contributed by atoms with Crippen molar-refractivity contribution in [3.8, 4) is 0 Å². The predicted molar refractivity (Wildman–Crippen MR) is 59.0 cm³/mol. The monoisotopic (exact) mass is 198 g/mol. The lowest BCUT2D eigenvalue weighted by atomic mass is 10.00. The first-order valence-electron chi connectivity index (χ1n) is 4.47. The van der Waals surface area contributed by atoms with Crippen molar-refractivity contribution >= 4 is 23.0 Å². The van der Waals surface area contributed by atoms with Crippen LogP contribution in [0.4, 0.5) is 11.4 Å². The van der Waals surface area contributed by atoms with E-state index in [1.54, 1.807) is 6.07 Å². The molecular weight excluding hydrogens is 184 g/mol. The molecule has 1 rings (SSSR count). The molecule has 0 aromatic heterocycles. The highest BCUT2D eigenvalue weighted by atomic mass is 35.5. The summed E-state index contributed by atoms with van der Waals surface area (Å²) in [5.74, 6) is 0. The second-order valence-corrected chi connectivity index (χ2v) is 3.43. The van der Waals surface area contributed by atoms with Crippen LogP contribution < -0.4 is 11.5 Å². The summed E-state index contributed by atoms with van der Waals surface area (Å²) in [5, 5.41) is 0.728. The molecule has 0 amide bonds. The summed E-state index contributed by atoms with van der Waals surface area (Å²) in [5.41, 5.74) is 15.0. The van der Waals surface area contributed by atoms with Gasteiger partial charge in [-0.05, 0) is 30.0 Å². The molecule has 0 radical (unpaired) electrons. The zero-order valence-corrected chi connectivity index (χ0v) is 8.78. The van der Waals surface area contributed by atoms with Crippen molar-refractivity contribution in [2.45, 2.75) is 26.7 Å². The molecule has 0 aliphatic rings. The second-order valence-electron chi connectivity index (χ2n) is 3.03. The number of hydrogen-bond acceptors (Lipinski definition) is 2. The van der Waals surface area contributed by atoms with Crippen LogP contribution >= 0.6 is 11.6 Å². The Kier molecular flexibility index (Phi) is 3.04. The van der Waals surface area contributed by atoms with E-state index in [4.69, 9.17) is 23.1 Å². The van der Waals surface area contributed by atoms with E-state index in [2.05, 4.69) is 13.8 Å². The number of nitrogen functional groups attached to an aromatic ring is 2. The smallest absolute Gasteiger partial charge is 0.0584 e. The lowest BCUT2D eigenvalue weighted by Gasteiger charge is -2.13. The van der Waals surface area contributed by atoms with Crippen molar-refractivity contribution in [3.63, 3.8) is 0 Å². The number of nitrogens with two attached hydrogens (primary N) is 2. The second kappa shape index (κ2) is 3.88. The van der Waals surface area contributed by atoms with Crippen molar-refractivity contribution in [3.05, 3.63) is 22.2 Å². The minimum atomic E-state index is 0.582. The molecule has 0 atom stereocenters. The molecule has 0 spiro atoms. The topological polar surface area (TPSA) is 52.0 Å². The molecule has 0 aliphatic carbocycles. The molecule has 13 heavy (non-hydrogen) atoms. The van der Waals surface area contributed by atoms with Gasteiger partial charge in [0.2, 0.25) is 0 Å². The molecule has 2 nitrogen and oxygen atoms in total. The van der Waals surface area contributed by atoms with Crippen LogP contribution in [0.25, 0.3) is 0 Å². The summed E-state index contributed by atoms with van der Waals surface area (Å²) in [4.78, 5) is 0. The van der Waals surface area contributed by atoms with Gasteiger partial charge in [0.1, 0.15) is 0 Å². The first-order valence-corrected chi connectivity index (χ1v) is 4.84. The highest BCUT2D eigenvalue weighted by molar-refractivity contribution is 6.32. The van der Waals surface area contributed by atoms with Gasteiger partial charge in [0.05, 0.1) is 11.4 Å². The van der Waals surface area contributed by atoms with Crippen LogP contribution in [0, 0.1) is 0 Å². The minimum absolute atomic E-state index is 0.582. The molecule has 4 N–H and O–H groups in total. The highest BCUT2D eigenvalue weighted by Crippen LogP contribution is 2.31. The van der Waals surface area contributed by atoms with E-state index in [1.165, 1.54) is 0 Å². The van der Waals surface area contributed by atoms with E-state index < -0.39 is 0 Å². The molecule has 0 fully saturated rings. The van der Waals surface area contributed by atoms with Gasteiger partial charge in [-0.15, -0.1) is 0 Å². The molecule has 0 saturated carbocycles. The quantitative estimate of drug-likeness (QED) is 0.718. The van der Waals surface area contributed by atoms with E-state index in [0.29, 0.717) is 11.4 Å². The molecule has 3 heteroatoms. The first kappa shape index (κ1) is 10.2. The molecule has 0 saturated heterocycles. The van der Waals surface area contributed by atoms with Gasteiger partial charge >= 0.3 is 0 Å². The van der Waals surface area contributed by atoms with Crippen molar-refractivity contribution in [2.75, 3.05) is 11.5 Å². The predicted octanol–water partition coefficient (Wildman–Crippen LogP) is 2.63. The lowest BCUT2D eigenvalue weighted by molar-refractivity contribution is 1.04. The number of halogens is 1. The Bertz CT molecular complexity index is 321. The van der Waals surface area contributed by atoms with Gasteiger partial charge in [-0.3, -0.25) is 0 Å². The molecule has 1 aromatic carbocycles. The molecule has 0 heterocycles. The Morgan fingerprint density at radius 3 is 2.15 bits per heavy atom. The lowest BCUT2D eigenvalue weighted by Crippen LogP contribution is -2.03. The van der Waals surface area contributed by atoms with Gasteiger partial charge in [0, 0.05) is 5.02 Å². The summed E-state index contributed by atoms with van der Waals surface area (Å²) >= 11 is 6.05. The number of anilines is 2. The van der Waals surface area contributed by atoms with Gasteiger partial charge in [-0.25, -0.2) is 0 Å². The van der Waals surface area contributed by atoms with Gasteiger partial charge < -0.3 is 11.5 Å². The Hall–Kier alpha value is -0.890. The highest BCUT2D eigenvalue weighted by Gasteiger charge is 2.10. The van der Waals surface area contributed by atoms with Crippen molar-refractivity contribution in [1.29, 1.82) is 0 Å². The van der Waals surface area contributed by atoms with Crippen LogP contribution in [0.15, 0.2) is 6.07 Å². The summed E-state index contributed by atoms with van der Waals surface area (Å²) in [6.45, 7) is 4.12. The fourth-order valence-corrected chi connectivity index (χ4v) is 1.93. The van der Waals surface area contributed by atoms with Crippen molar-refractivity contribution < 1.29 is 0 Å². The van der Waals surface area contributed by atoms with Crippen molar-refractivity contribution in [1.82, 2.24) is 0 Å². The fraction of sp³-hybridized carbons (Fsp3) is 0.400. The van der Waals surface area contributed by atoms with Crippen LogP contribution in [-0.4, -0.2) is 0 Å². The molecule has 0 unspecified atom stereocenters. The summed E-state index contributed by atoms with van der Waals surface area (Å²) in [6, 6.07) is 1.73. The minimum Gasteiger partial charge on any atom is -0.397 e. The van der Waals surface area contributed by atoms with Crippen LogP contribution in [0.2, 0.25) is 5.02 Å². The average Bonchev–Trinajstić information content (AvgIpc) is 2.10. The molecular formula is C10H15ClN2. The normalized spacial score (nSPS) is 10.4. The van der Waals surface area contributed by atoms with E-state index in [9.17, 15) is 0 Å². The van der Waals surface area contributed by atoms with Gasteiger partial charge in [-0.1, -0.05) is 25.4 Å². The molecule has 1 aromatic rings. The average molecular weight is 199 g/mol. The number of rotatable bonds is 2. The first-order chi connectivity index (χ1) is 6.11. The summed E-state index contributed by atoms with van der Waals surface area (Å²) in [7, 11) is 0. The third kappa shape index (κ3) is 1.73. The summed E-state index contributed by atoms with van der Waals surface area (Å²) in [6.07, 6.45) is 1.77. The number of benzene rings is 1. The Balaban J connectivity index is 3.41. The third-order valence-electron chi connectivity index (χ3n) is 2.28. The zero-order valence-electron chi connectivity index (χ0n) is 8.02. The van der Waals surface area contributed by atoms with Gasteiger partial charge in [-0.2, -0.15) is 0 Å². The molecule has 0 aliphatic heterocycles. The summed E-state index contributed by atoms with van der Waals surface area (Å²) < 4.78 is 0. The van der Waals surface area contributed by atoms with E-state index in [0.717, 1.165) is 29.0 Å². The van der Waals surface area contributed by atoms with Crippen LogP contribution in [0.3, 0.4) is 0 Å². The number of hydrogen-bond donors (Lipinski definition) is 2. The fourth-order valence-electron chi connectivity index (χ4n) is 1.57. The van der Waals surface area contributed by atoms with Crippen LogP contribution in [0.1, 0.15) is 25.0 Å². The Morgan fingerprint density at radius 2 is 1.69 bits per heavy atom. The van der Waals surface area contributed by atoms with E-state index >= 15 is 0 Å². The van der Waals surface area contributed by atoms with Crippen LogP contribution in [0.5, 0.6) is 0 Å². The van der Waals surface area contributed by atoms with Crippen LogP contribution in [-0.2, 0) is 12.8 Å².